The van der Waals surface area contributed by atoms with E-state index in [2.05, 4.69) is 17.4 Å². The van der Waals surface area contributed by atoms with Gasteiger partial charge in [-0.1, -0.05) is 11.6 Å². The lowest BCUT2D eigenvalue weighted by Gasteiger charge is -2.08. The Morgan fingerprint density at radius 2 is 1.69 bits per heavy atom. The van der Waals surface area contributed by atoms with Crippen molar-refractivity contribution in [2.75, 3.05) is 0 Å². The number of halogens is 2. The lowest BCUT2D eigenvalue weighted by molar-refractivity contribution is 0.764. The quantitative estimate of drug-likeness (QED) is 0.828. The van der Waals surface area contributed by atoms with E-state index in [-0.39, 0.29) is 12.4 Å². The molecule has 0 bridgehead atoms. The smallest absolute Gasteiger partial charge is 0.0649 e. The summed E-state index contributed by atoms with van der Waals surface area (Å²) in [6, 6.07) is 8.23. The first-order valence-corrected chi connectivity index (χ1v) is 5.38. The minimum absolute atomic E-state index is 0. The molecule has 2 aromatic rings. The van der Waals surface area contributed by atoms with Crippen molar-refractivity contribution in [2.24, 2.45) is 0 Å². The van der Waals surface area contributed by atoms with E-state index in [1.54, 1.807) is 0 Å². The average molecular weight is 255 g/mol. The van der Waals surface area contributed by atoms with Crippen molar-refractivity contribution in [3.63, 3.8) is 0 Å². The van der Waals surface area contributed by atoms with Gasteiger partial charge in [-0.3, -0.25) is 0 Å². The van der Waals surface area contributed by atoms with E-state index in [0.29, 0.717) is 0 Å². The third-order valence-electron chi connectivity index (χ3n) is 2.78. The molecule has 0 spiro atoms. The van der Waals surface area contributed by atoms with E-state index >= 15 is 0 Å². The number of fused-ring (bicyclic) bond motifs is 1. The first-order valence-electron chi connectivity index (χ1n) is 5.00. The van der Waals surface area contributed by atoms with Crippen molar-refractivity contribution in [1.82, 2.24) is 9.88 Å². The molecule has 1 aliphatic heterocycles. The molecular formula is C12H12Cl2N2. The molecule has 0 aliphatic carbocycles. The maximum absolute atomic E-state index is 6.25. The van der Waals surface area contributed by atoms with Gasteiger partial charge in [0.1, 0.15) is 0 Å². The summed E-state index contributed by atoms with van der Waals surface area (Å²) in [5, 5.41) is 4.13. The van der Waals surface area contributed by atoms with Crippen LogP contribution in [0.3, 0.4) is 0 Å². The fraction of sp³-hybridized carbons (Fsp3) is 0.167. The van der Waals surface area contributed by atoms with Gasteiger partial charge < -0.3 is 9.88 Å². The summed E-state index contributed by atoms with van der Waals surface area (Å²) < 4.78 is 2.04. The summed E-state index contributed by atoms with van der Waals surface area (Å²) in [5.74, 6) is 0. The molecule has 0 atom stereocenters. The minimum atomic E-state index is 0. The van der Waals surface area contributed by atoms with E-state index in [1.165, 1.54) is 11.1 Å². The van der Waals surface area contributed by atoms with E-state index in [4.69, 9.17) is 11.6 Å². The lowest BCUT2D eigenvalue weighted by Crippen LogP contribution is -1.99. The van der Waals surface area contributed by atoms with Crippen LogP contribution in [-0.2, 0) is 13.1 Å². The molecule has 0 fully saturated rings. The average Bonchev–Trinajstić information content (AvgIpc) is 2.85. The Morgan fingerprint density at radius 3 is 2.38 bits per heavy atom. The SMILES string of the molecule is Cl.Clc1cc2c(cc1-n1cccc1)CNC2. The molecule has 1 aromatic carbocycles. The van der Waals surface area contributed by atoms with Crippen molar-refractivity contribution >= 4 is 24.0 Å². The molecule has 0 saturated heterocycles. The zero-order valence-electron chi connectivity index (χ0n) is 8.61. The summed E-state index contributed by atoms with van der Waals surface area (Å²) in [7, 11) is 0. The highest BCUT2D eigenvalue weighted by Gasteiger charge is 2.13. The van der Waals surface area contributed by atoms with E-state index in [0.717, 1.165) is 23.8 Å². The fourth-order valence-corrected chi connectivity index (χ4v) is 2.28. The van der Waals surface area contributed by atoms with Gasteiger partial charge in [0.25, 0.3) is 0 Å². The highest BCUT2D eigenvalue weighted by Crippen LogP contribution is 2.27. The van der Waals surface area contributed by atoms with Crippen LogP contribution in [0.1, 0.15) is 11.1 Å². The molecule has 0 radical (unpaired) electrons. The summed E-state index contributed by atoms with van der Waals surface area (Å²) in [6.07, 6.45) is 4.02. The Bertz CT molecular complexity index is 492. The topological polar surface area (TPSA) is 17.0 Å². The van der Waals surface area contributed by atoms with Crippen molar-refractivity contribution in [3.05, 3.63) is 52.8 Å². The van der Waals surface area contributed by atoms with Crippen LogP contribution >= 0.6 is 24.0 Å². The summed E-state index contributed by atoms with van der Waals surface area (Å²) in [5.41, 5.74) is 3.73. The molecule has 0 unspecified atom stereocenters. The number of benzene rings is 1. The number of hydrogen-bond acceptors (Lipinski definition) is 1. The number of nitrogens with one attached hydrogen (secondary N) is 1. The second-order valence-corrected chi connectivity index (χ2v) is 4.17. The summed E-state index contributed by atoms with van der Waals surface area (Å²) >= 11 is 6.25. The van der Waals surface area contributed by atoms with E-state index in [1.807, 2.05) is 29.1 Å². The Labute approximate surface area is 106 Å². The van der Waals surface area contributed by atoms with Crippen LogP contribution in [-0.4, -0.2) is 4.57 Å². The minimum Gasteiger partial charge on any atom is -0.322 e. The van der Waals surface area contributed by atoms with Crippen LogP contribution in [0.15, 0.2) is 36.7 Å². The van der Waals surface area contributed by atoms with Gasteiger partial charge in [-0.15, -0.1) is 12.4 Å². The third kappa shape index (κ3) is 1.84. The van der Waals surface area contributed by atoms with E-state index < -0.39 is 0 Å². The Hall–Kier alpha value is -0.960. The fourth-order valence-electron chi connectivity index (χ4n) is 2.00. The number of aromatic nitrogens is 1. The molecule has 1 aromatic heterocycles. The first kappa shape index (κ1) is 11.5. The highest BCUT2D eigenvalue weighted by molar-refractivity contribution is 6.32. The predicted molar refractivity (Wildman–Crippen MR) is 68.6 cm³/mol. The van der Waals surface area contributed by atoms with Gasteiger partial charge in [0.15, 0.2) is 0 Å². The number of nitrogens with zero attached hydrogens (tertiary/aromatic N) is 1. The summed E-state index contributed by atoms with van der Waals surface area (Å²) in [4.78, 5) is 0. The lowest BCUT2D eigenvalue weighted by atomic mass is 10.1. The highest BCUT2D eigenvalue weighted by atomic mass is 35.5. The van der Waals surface area contributed by atoms with Crippen molar-refractivity contribution < 1.29 is 0 Å². The van der Waals surface area contributed by atoms with E-state index in [9.17, 15) is 0 Å². The number of hydrogen-bond donors (Lipinski definition) is 1. The predicted octanol–water partition coefficient (Wildman–Crippen LogP) is 3.16. The standard InChI is InChI=1S/C12H11ClN2.ClH/c13-11-5-9-7-14-8-10(9)6-12(11)15-3-1-2-4-15;/h1-6,14H,7-8H2;1H. The zero-order chi connectivity index (χ0) is 10.3. The van der Waals surface area contributed by atoms with Gasteiger partial charge in [-0.25, -0.2) is 0 Å². The van der Waals surface area contributed by atoms with Gasteiger partial charge in [0.2, 0.25) is 0 Å². The van der Waals surface area contributed by atoms with Crippen LogP contribution < -0.4 is 5.32 Å². The van der Waals surface area contributed by atoms with Crippen LogP contribution in [0.5, 0.6) is 0 Å². The zero-order valence-corrected chi connectivity index (χ0v) is 10.2. The molecule has 84 valence electrons. The van der Waals surface area contributed by atoms with Crippen molar-refractivity contribution in [2.45, 2.75) is 13.1 Å². The van der Waals surface area contributed by atoms with Gasteiger partial charge >= 0.3 is 0 Å². The van der Waals surface area contributed by atoms with Crippen LogP contribution in [0.4, 0.5) is 0 Å². The van der Waals surface area contributed by atoms with Gasteiger partial charge in [-0.2, -0.15) is 0 Å². The van der Waals surface area contributed by atoms with Crippen molar-refractivity contribution in [1.29, 1.82) is 0 Å². The second-order valence-electron chi connectivity index (χ2n) is 3.77. The molecule has 16 heavy (non-hydrogen) atoms. The summed E-state index contributed by atoms with van der Waals surface area (Å²) in [6.45, 7) is 1.88. The molecular weight excluding hydrogens is 243 g/mol. The Morgan fingerprint density at radius 1 is 1.06 bits per heavy atom. The molecule has 0 amide bonds. The van der Waals surface area contributed by atoms with Crippen LogP contribution in [0, 0.1) is 0 Å². The third-order valence-corrected chi connectivity index (χ3v) is 3.09. The molecule has 1 aliphatic rings. The Kier molecular flexibility index (Phi) is 3.24. The Balaban J connectivity index is 0.000000963. The van der Waals surface area contributed by atoms with Crippen molar-refractivity contribution in [3.8, 4) is 5.69 Å². The second kappa shape index (κ2) is 4.50. The van der Waals surface area contributed by atoms with Gasteiger partial charge in [0, 0.05) is 25.5 Å². The molecule has 2 heterocycles. The molecule has 1 N–H and O–H groups in total. The molecule has 0 saturated carbocycles. The first-order chi connectivity index (χ1) is 7.34. The molecule has 4 heteroatoms. The van der Waals surface area contributed by atoms with Gasteiger partial charge in [0.05, 0.1) is 10.7 Å². The van der Waals surface area contributed by atoms with Crippen LogP contribution in [0.25, 0.3) is 5.69 Å². The molecule has 3 rings (SSSR count). The van der Waals surface area contributed by atoms with Crippen LogP contribution in [0.2, 0.25) is 5.02 Å². The molecule has 2 nitrogen and oxygen atoms in total. The monoisotopic (exact) mass is 254 g/mol. The maximum atomic E-state index is 6.25. The normalized spacial score (nSPS) is 13.3. The number of rotatable bonds is 1. The largest absolute Gasteiger partial charge is 0.322 e. The maximum Gasteiger partial charge on any atom is 0.0649 e. The van der Waals surface area contributed by atoms with Gasteiger partial charge in [-0.05, 0) is 35.4 Å².